The molecule has 11 heteroatoms. The Bertz CT molecular complexity index is 982. The SMILES string of the molecule is O=C(Cn1cnc(C2CC2)cc1=O)N1CCC(Oc2nccc(C(F)(F)F)n2)CC1. The van der Waals surface area contributed by atoms with Gasteiger partial charge < -0.3 is 9.64 Å². The largest absolute Gasteiger partial charge is 0.460 e. The van der Waals surface area contributed by atoms with E-state index in [9.17, 15) is 22.8 Å². The fraction of sp³-hybridized carbons (Fsp3) is 0.526. The van der Waals surface area contributed by atoms with Gasteiger partial charge in [0.05, 0.1) is 12.0 Å². The van der Waals surface area contributed by atoms with E-state index >= 15 is 0 Å². The standard InChI is InChI=1S/C19H20F3N5O3/c20-19(21,22)15-3-6-23-18(25-15)30-13-4-7-26(8-5-13)17(29)10-27-11-24-14(9-16(27)28)12-1-2-12/h3,6,9,11-13H,1-2,4-5,7-8,10H2. The summed E-state index contributed by atoms with van der Waals surface area (Å²) >= 11 is 0. The van der Waals surface area contributed by atoms with Crippen molar-refractivity contribution in [2.45, 2.75) is 50.4 Å². The minimum absolute atomic E-state index is 0.0982. The maximum absolute atomic E-state index is 12.7. The molecule has 1 aliphatic heterocycles. The van der Waals surface area contributed by atoms with Gasteiger partial charge in [-0.2, -0.15) is 18.2 Å². The van der Waals surface area contributed by atoms with Crippen LogP contribution in [0.1, 0.15) is 43.0 Å². The van der Waals surface area contributed by atoms with Crippen molar-refractivity contribution in [3.8, 4) is 6.01 Å². The number of amides is 1. The zero-order valence-corrected chi connectivity index (χ0v) is 16.0. The molecule has 0 atom stereocenters. The maximum atomic E-state index is 12.7. The first-order chi connectivity index (χ1) is 14.3. The Labute approximate surface area is 169 Å². The maximum Gasteiger partial charge on any atom is 0.433 e. The topological polar surface area (TPSA) is 90.2 Å². The van der Waals surface area contributed by atoms with Gasteiger partial charge in [-0.3, -0.25) is 14.2 Å². The number of carbonyl (C=O) groups is 1. The van der Waals surface area contributed by atoms with E-state index in [1.54, 1.807) is 4.90 Å². The van der Waals surface area contributed by atoms with E-state index in [1.165, 1.54) is 17.0 Å². The second-order valence-corrected chi connectivity index (χ2v) is 7.47. The summed E-state index contributed by atoms with van der Waals surface area (Å²) in [4.78, 5) is 37.7. The molecule has 0 spiro atoms. The van der Waals surface area contributed by atoms with Gasteiger partial charge in [-0.15, -0.1) is 0 Å². The van der Waals surface area contributed by atoms with Crippen LogP contribution >= 0.6 is 0 Å². The third kappa shape index (κ3) is 4.77. The van der Waals surface area contributed by atoms with Crippen molar-refractivity contribution in [1.82, 2.24) is 24.4 Å². The van der Waals surface area contributed by atoms with Gasteiger partial charge in [-0.1, -0.05) is 0 Å². The zero-order valence-electron chi connectivity index (χ0n) is 16.0. The van der Waals surface area contributed by atoms with E-state index in [0.29, 0.717) is 31.8 Å². The minimum Gasteiger partial charge on any atom is -0.460 e. The van der Waals surface area contributed by atoms with E-state index in [2.05, 4.69) is 15.0 Å². The highest BCUT2D eigenvalue weighted by atomic mass is 19.4. The highest BCUT2D eigenvalue weighted by Crippen LogP contribution is 2.38. The Kier molecular flexibility index (Phi) is 5.44. The quantitative estimate of drug-likeness (QED) is 0.731. The first-order valence-electron chi connectivity index (χ1n) is 9.70. The van der Waals surface area contributed by atoms with Crippen molar-refractivity contribution < 1.29 is 22.7 Å². The van der Waals surface area contributed by atoms with Crippen molar-refractivity contribution in [1.29, 1.82) is 0 Å². The lowest BCUT2D eigenvalue weighted by Gasteiger charge is -2.31. The van der Waals surface area contributed by atoms with E-state index in [-0.39, 0.29) is 30.1 Å². The van der Waals surface area contributed by atoms with Gasteiger partial charge in [0, 0.05) is 44.1 Å². The number of hydrogen-bond donors (Lipinski definition) is 0. The molecule has 1 saturated heterocycles. The van der Waals surface area contributed by atoms with Gasteiger partial charge in [0.15, 0.2) is 5.69 Å². The summed E-state index contributed by atoms with van der Waals surface area (Å²) in [5, 5.41) is 0. The Morgan fingerprint density at radius 1 is 1.17 bits per heavy atom. The number of aromatic nitrogens is 4. The highest BCUT2D eigenvalue weighted by molar-refractivity contribution is 5.76. The third-order valence-corrected chi connectivity index (χ3v) is 5.19. The minimum atomic E-state index is -4.57. The molecule has 1 aliphatic carbocycles. The number of carbonyl (C=O) groups excluding carboxylic acids is 1. The molecule has 1 saturated carbocycles. The van der Waals surface area contributed by atoms with Crippen LogP contribution in [0.5, 0.6) is 6.01 Å². The average Bonchev–Trinajstić information content (AvgIpc) is 3.55. The number of halogens is 3. The molecule has 4 rings (SSSR count). The Morgan fingerprint density at radius 3 is 2.53 bits per heavy atom. The lowest BCUT2D eigenvalue weighted by Crippen LogP contribution is -2.44. The van der Waals surface area contributed by atoms with Crippen LogP contribution < -0.4 is 10.3 Å². The second-order valence-electron chi connectivity index (χ2n) is 7.47. The van der Waals surface area contributed by atoms with Crippen molar-refractivity contribution in [3.05, 3.63) is 46.4 Å². The van der Waals surface area contributed by atoms with E-state index in [0.717, 1.165) is 30.8 Å². The Balaban J connectivity index is 1.30. The van der Waals surface area contributed by atoms with Crippen molar-refractivity contribution >= 4 is 5.91 Å². The summed E-state index contributed by atoms with van der Waals surface area (Å²) in [6.07, 6.45) is 0.396. The van der Waals surface area contributed by atoms with Gasteiger partial charge in [0.2, 0.25) is 5.91 Å². The number of likely N-dealkylation sites (tertiary alicyclic amines) is 1. The molecule has 0 unspecified atom stereocenters. The molecule has 2 aromatic heterocycles. The van der Waals surface area contributed by atoms with Crippen LogP contribution in [0.25, 0.3) is 0 Å². The summed E-state index contributed by atoms with van der Waals surface area (Å²) in [6, 6.07) is 1.94. The van der Waals surface area contributed by atoms with Crippen LogP contribution in [0.15, 0.2) is 29.5 Å². The van der Waals surface area contributed by atoms with Crippen molar-refractivity contribution in [2.24, 2.45) is 0 Å². The summed E-state index contributed by atoms with van der Waals surface area (Å²) in [7, 11) is 0. The van der Waals surface area contributed by atoms with Gasteiger partial charge in [-0.05, 0) is 18.9 Å². The molecule has 0 aromatic carbocycles. The number of nitrogens with zero attached hydrogens (tertiary/aromatic N) is 5. The number of piperidine rings is 1. The summed E-state index contributed by atoms with van der Waals surface area (Å²) < 4.78 is 45.0. The molecule has 0 bridgehead atoms. The van der Waals surface area contributed by atoms with Gasteiger partial charge in [0.1, 0.15) is 12.6 Å². The fourth-order valence-electron chi connectivity index (χ4n) is 3.33. The molecule has 0 radical (unpaired) electrons. The monoisotopic (exact) mass is 423 g/mol. The molecule has 8 nitrogen and oxygen atoms in total. The van der Waals surface area contributed by atoms with E-state index in [1.807, 2.05) is 0 Å². The summed E-state index contributed by atoms with van der Waals surface area (Å²) in [5.74, 6) is 0.148. The predicted octanol–water partition coefficient (Wildman–Crippen LogP) is 2.00. The molecule has 30 heavy (non-hydrogen) atoms. The molecular weight excluding hydrogens is 403 g/mol. The van der Waals surface area contributed by atoms with Crippen LogP contribution in [0.4, 0.5) is 13.2 Å². The van der Waals surface area contributed by atoms with Crippen LogP contribution in [-0.4, -0.2) is 49.5 Å². The molecule has 2 aromatic rings. The smallest absolute Gasteiger partial charge is 0.433 e. The highest BCUT2D eigenvalue weighted by Gasteiger charge is 2.33. The molecule has 2 aliphatic rings. The fourth-order valence-corrected chi connectivity index (χ4v) is 3.33. The van der Waals surface area contributed by atoms with Gasteiger partial charge >= 0.3 is 12.2 Å². The molecule has 3 heterocycles. The lowest BCUT2D eigenvalue weighted by molar-refractivity contribution is -0.142. The zero-order chi connectivity index (χ0) is 21.3. The second kappa shape index (κ2) is 8.04. The summed E-state index contributed by atoms with van der Waals surface area (Å²) in [6.45, 7) is 0.634. The first kappa shape index (κ1) is 20.3. The third-order valence-electron chi connectivity index (χ3n) is 5.19. The van der Waals surface area contributed by atoms with Crippen LogP contribution in [0.2, 0.25) is 0 Å². The normalized spacial score (nSPS) is 17.8. The van der Waals surface area contributed by atoms with Crippen LogP contribution in [-0.2, 0) is 17.5 Å². The number of alkyl halides is 3. The van der Waals surface area contributed by atoms with Crippen LogP contribution in [0, 0.1) is 0 Å². The van der Waals surface area contributed by atoms with Crippen molar-refractivity contribution in [2.75, 3.05) is 13.1 Å². The molecule has 160 valence electrons. The number of rotatable bonds is 5. The molecule has 1 amide bonds. The Morgan fingerprint density at radius 2 is 1.90 bits per heavy atom. The van der Waals surface area contributed by atoms with Gasteiger partial charge in [-0.25, -0.2) is 9.97 Å². The average molecular weight is 423 g/mol. The Hall–Kier alpha value is -2.98. The predicted molar refractivity (Wildman–Crippen MR) is 97.7 cm³/mol. The van der Waals surface area contributed by atoms with Gasteiger partial charge in [0.25, 0.3) is 5.56 Å². The lowest BCUT2D eigenvalue weighted by atomic mass is 10.1. The number of hydrogen-bond acceptors (Lipinski definition) is 6. The van der Waals surface area contributed by atoms with E-state index < -0.39 is 11.9 Å². The van der Waals surface area contributed by atoms with E-state index in [4.69, 9.17) is 4.74 Å². The molecule has 2 fully saturated rings. The first-order valence-corrected chi connectivity index (χ1v) is 9.70. The van der Waals surface area contributed by atoms with Crippen molar-refractivity contribution in [3.63, 3.8) is 0 Å². The molecule has 0 N–H and O–H groups in total. The molecular formula is C19H20F3N5O3. The van der Waals surface area contributed by atoms with Crippen LogP contribution in [0.3, 0.4) is 0 Å². The number of ether oxygens (including phenoxy) is 1. The summed E-state index contributed by atoms with van der Waals surface area (Å²) in [5.41, 5.74) is -0.537.